The van der Waals surface area contributed by atoms with Crippen LogP contribution in [0.15, 0.2) is 18.2 Å². The second-order valence-corrected chi connectivity index (χ2v) is 4.72. The fourth-order valence-electron chi connectivity index (χ4n) is 1.68. The molecular formula is C10H8Cl2O. The van der Waals surface area contributed by atoms with Crippen molar-refractivity contribution >= 4 is 29.5 Å². The van der Waals surface area contributed by atoms with E-state index in [1.165, 1.54) is 0 Å². The van der Waals surface area contributed by atoms with E-state index >= 15 is 0 Å². The van der Waals surface area contributed by atoms with Crippen LogP contribution in [0.4, 0.5) is 0 Å². The van der Waals surface area contributed by atoms with Crippen LogP contribution in [0, 0.1) is 0 Å². The van der Waals surface area contributed by atoms with Crippen LogP contribution in [0.25, 0.3) is 0 Å². The number of carbonyl (C=O) groups excluding carboxylic acids is 1. The summed E-state index contributed by atoms with van der Waals surface area (Å²) in [6, 6.07) is 5.44. The number of aldehydes is 1. The maximum Gasteiger partial charge on any atom is 0.150 e. The third-order valence-electron chi connectivity index (χ3n) is 2.37. The molecule has 68 valence electrons. The number of hydrogen-bond donors (Lipinski definition) is 0. The predicted molar refractivity (Wildman–Crippen MR) is 53.5 cm³/mol. The van der Waals surface area contributed by atoms with Gasteiger partial charge in [0.05, 0.1) is 0 Å². The molecule has 1 aromatic rings. The van der Waals surface area contributed by atoms with Crippen molar-refractivity contribution in [3.05, 3.63) is 34.9 Å². The molecule has 0 aromatic heterocycles. The van der Waals surface area contributed by atoms with Gasteiger partial charge in [0.25, 0.3) is 0 Å². The molecular weight excluding hydrogens is 207 g/mol. The van der Waals surface area contributed by atoms with Gasteiger partial charge in [-0.2, -0.15) is 0 Å². The zero-order valence-corrected chi connectivity index (χ0v) is 8.40. The molecule has 2 rings (SSSR count). The van der Waals surface area contributed by atoms with Crippen LogP contribution in [0.3, 0.4) is 0 Å². The van der Waals surface area contributed by atoms with Gasteiger partial charge in [-0.3, -0.25) is 4.79 Å². The van der Waals surface area contributed by atoms with E-state index in [4.69, 9.17) is 23.2 Å². The van der Waals surface area contributed by atoms with E-state index in [1.807, 2.05) is 12.1 Å². The van der Waals surface area contributed by atoms with Gasteiger partial charge in [-0.25, -0.2) is 0 Å². The maximum atomic E-state index is 10.5. The monoisotopic (exact) mass is 214 g/mol. The lowest BCUT2D eigenvalue weighted by Crippen LogP contribution is -2.03. The van der Waals surface area contributed by atoms with Gasteiger partial charge >= 0.3 is 0 Å². The highest BCUT2D eigenvalue weighted by molar-refractivity contribution is 6.48. The predicted octanol–water partition coefficient (Wildman–Crippen LogP) is 3.08. The number of alkyl halides is 2. The average molecular weight is 215 g/mol. The second kappa shape index (κ2) is 3.00. The summed E-state index contributed by atoms with van der Waals surface area (Å²) in [5.74, 6) is 0. The Morgan fingerprint density at radius 2 is 2.15 bits per heavy atom. The Bertz CT molecular complexity index is 358. The Morgan fingerprint density at radius 1 is 1.38 bits per heavy atom. The Balaban J connectivity index is 2.52. The fraction of sp³-hybridized carbons (Fsp3) is 0.300. The SMILES string of the molecule is O=Cc1ccc2c(c1)CCC2(Cl)Cl. The quantitative estimate of drug-likeness (QED) is 0.519. The van der Waals surface area contributed by atoms with E-state index in [0.717, 1.165) is 30.3 Å². The summed E-state index contributed by atoms with van der Waals surface area (Å²) in [7, 11) is 0. The number of halogens is 2. The van der Waals surface area contributed by atoms with Gasteiger partial charge < -0.3 is 0 Å². The van der Waals surface area contributed by atoms with Crippen LogP contribution in [0.2, 0.25) is 0 Å². The Labute approximate surface area is 86.7 Å². The number of aryl methyl sites for hydroxylation is 1. The summed E-state index contributed by atoms with van der Waals surface area (Å²) in [5.41, 5.74) is 2.72. The van der Waals surface area contributed by atoms with Gasteiger partial charge in [0, 0.05) is 5.56 Å². The summed E-state index contributed by atoms with van der Waals surface area (Å²) < 4.78 is -0.753. The lowest BCUT2D eigenvalue weighted by molar-refractivity contribution is 0.112. The molecule has 0 saturated carbocycles. The van der Waals surface area contributed by atoms with Crippen LogP contribution < -0.4 is 0 Å². The number of benzene rings is 1. The number of fused-ring (bicyclic) bond motifs is 1. The largest absolute Gasteiger partial charge is 0.298 e. The van der Waals surface area contributed by atoms with Crippen molar-refractivity contribution in [1.29, 1.82) is 0 Å². The van der Waals surface area contributed by atoms with Crippen molar-refractivity contribution in [1.82, 2.24) is 0 Å². The van der Waals surface area contributed by atoms with Crippen molar-refractivity contribution in [3.63, 3.8) is 0 Å². The van der Waals surface area contributed by atoms with Crippen molar-refractivity contribution < 1.29 is 4.79 Å². The molecule has 0 amide bonds. The Hall–Kier alpha value is -0.530. The van der Waals surface area contributed by atoms with E-state index in [2.05, 4.69) is 0 Å². The van der Waals surface area contributed by atoms with Gasteiger partial charge in [0.1, 0.15) is 10.6 Å². The molecule has 0 bridgehead atoms. The molecule has 0 radical (unpaired) electrons. The van der Waals surface area contributed by atoms with Gasteiger partial charge in [0.2, 0.25) is 0 Å². The molecule has 0 atom stereocenters. The summed E-state index contributed by atoms with van der Waals surface area (Å²) in [4.78, 5) is 10.5. The van der Waals surface area contributed by atoms with E-state index < -0.39 is 4.33 Å². The smallest absolute Gasteiger partial charge is 0.150 e. The normalized spacial score (nSPS) is 18.3. The standard InChI is InChI=1S/C10H8Cl2O/c11-10(12)4-3-8-5-7(6-13)1-2-9(8)10/h1-2,5-6H,3-4H2. The first-order valence-corrected chi connectivity index (χ1v) is 4.85. The molecule has 3 heteroatoms. The first-order chi connectivity index (χ1) is 6.13. The van der Waals surface area contributed by atoms with Crippen LogP contribution in [0.1, 0.15) is 27.9 Å². The average Bonchev–Trinajstić information content (AvgIpc) is 2.42. The number of rotatable bonds is 1. The van der Waals surface area contributed by atoms with Crippen LogP contribution in [-0.2, 0) is 10.8 Å². The van der Waals surface area contributed by atoms with Crippen molar-refractivity contribution in [3.8, 4) is 0 Å². The van der Waals surface area contributed by atoms with Gasteiger partial charge in [-0.05, 0) is 30.0 Å². The second-order valence-electron chi connectivity index (χ2n) is 3.24. The summed E-state index contributed by atoms with van der Waals surface area (Å²) in [6.07, 6.45) is 2.42. The highest BCUT2D eigenvalue weighted by atomic mass is 35.5. The number of carbonyl (C=O) groups is 1. The summed E-state index contributed by atoms with van der Waals surface area (Å²) >= 11 is 12.1. The molecule has 0 saturated heterocycles. The molecule has 13 heavy (non-hydrogen) atoms. The molecule has 1 nitrogen and oxygen atoms in total. The van der Waals surface area contributed by atoms with Crippen LogP contribution >= 0.6 is 23.2 Å². The highest BCUT2D eigenvalue weighted by Crippen LogP contribution is 2.45. The minimum atomic E-state index is -0.753. The van der Waals surface area contributed by atoms with Gasteiger partial charge in [-0.15, -0.1) is 0 Å². The molecule has 0 fully saturated rings. The van der Waals surface area contributed by atoms with Gasteiger partial charge in [0.15, 0.2) is 0 Å². The van der Waals surface area contributed by atoms with E-state index in [1.54, 1.807) is 6.07 Å². The molecule has 0 unspecified atom stereocenters. The third-order valence-corrected chi connectivity index (χ3v) is 3.15. The molecule has 1 aromatic carbocycles. The Morgan fingerprint density at radius 3 is 2.85 bits per heavy atom. The first kappa shape index (κ1) is 9.04. The van der Waals surface area contributed by atoms with Crippen molar-refractivity contribution in [2.24, 2.45) is 0 Å². The van der Waals surface area contributed by atoms with Gasteiger partial charge in [-0.1, -0.05) is 35.3 Å². The Kier molecular flexibility index (Phi) is 2.09. The topological polar surface area (TPSA) is 17.1 Å². The van der Waals surface area contributed by atoms with E-state index in [9.17, 15) is 4.79 Å². The van der Waals surface area contributed by atoms with Crippen LogP contribution in [-0.4, -0.2) is 6.29 Å². The third kappa shape index (κ3) is 1.47. The lowest BCUT2D eigenvalue weighted by Gasteiger charge is -2.12. The summed E-state index contributed by atoms with van der Waals surface area (Å²) in [5, 5.41) is 0. The molecule has 1 aliphatic rings. The fourth-order valence-corrected chi connectivity index (χ4v) is 2.23. The van der Waals surface area contributed by atoms with E-state index in [0.29, 0.717) is 5.56 Å². The van der Waals surface area contributed by atoms with Crippen molar-refractivity contribution in [2.45, 2.75) is 17.2 Å². The minimum absolute atomic E-state index is 0.685. The van der Waals surface area contributed by atoms with Crippen molar-refractivity contribution in [2.75, 3.05) is 0 Å². The van der Waals surface area contributed by atoms with E-state index in [-0.39, 0.29) is 0 Å². The zero-order chi connectivity index (χ0) is 9.47. The maximum absolute atomic E-state index is 10.5. The number of hydrogen-bond acceptors (Lipinski definition) is 1. The molecule has 0 N–H and O–H groups in total. The molecule has 0 heterocycles. The highest BCUT2D eigenvalue weighted by Gasteiger charge is 2.34. The summed E-state index contributed by atoms with van der Waals surface area (Å²) in [6.45, 7) is 0. The molecule has 0 aliphatic heterocycles. The zero-order valence-electron chi connectivity index (χ0n) is 6.89. The first-order valence-electron chi connectivity index (χ1n) is 4.10. The molecule has 1 aliphatic carbocycles. The molecule has 0 spiro atoms. The van der Waals surface area contributed by atoms with Crippen LogP contribution in [0.5, 0.6) is 0 Å². The lowest BCUT2D eigenvalue weighted by atomic mass is 10.1. The minimum Gasteiger partial charge on any atom is -0.298 e.